The van der Waals surface area contributed by atoms with E-state index in [-0.39, 0.29) is 5.91 Å². The first-order valence-electron chi connectivity index (χ1n) is 7.07. The van der Waals surface area contributed by atoms with Crippen molar-refractivity contribution in [3.05, 3.63) is 32.7 Å². The minimum Gasteiger partial charge on any atom is -0.383 e. The minimum atomic E-state index is 0.1000. The maximum atomic E-state index is 12.6. The number of carbonyl (C=O) groups is 1. The molecule has 1 saturated heterocycles. The molecule has 0 unspecified atom stereocenters. The summed E-state index contributed by atoms with van der Waals surface area (Å²) in [5.74, 6) is 0.1000. The van der Waals surface area contributed by atoms with Crippen LogP contribution in [0.3, 0.4) is 0 Å². The van der Waals surface area contributed by atoms with Gasteiger partial charge < -0.3 is 9.64 Å². The van der Waals surface area contributed by atoms with Crippen molar-refractivity contribution in [3.8, 4) is 0 Å². The molecule has 0 bridgehead atoms. The molecule has 0 N–H and O–H groups in total. The topological polar surface area (TPSA) is 32.8 Å². The van der Waals surface area contributed by atoms with Crippen LogP contribution in [0.5, 0.6) is 0 Å². The second-order valence-corrected chi connectivity index (χ2v) is 6.87. The highest BCUT2D eigenvalue weighted by atomic mass is 79.9. The summed E-state index contributed by atoms with van der Waals surface area (Å²) in [6, 6.07) is 5.68. The molecule has 1 aromatic rings. The number of amides is 1. The Balaban J connectivity index is 1.99. The summed E-state index contributed by atoms with van der Waals surface area (Å²) >= 11 is 6.89. The third kappa shape index (κ3) is 4.77. The highest BCUT2D eigenvalue weighted by Crippen LogP contribution is 2.23. The normalized spacial score (nSPS) is 16.8. The summed E-state index contributed by atoms with van der Waals surface area (Å²) in [6.07, 6.45) is 1.00. The van der Waals surface area contributed by atoms with E-state index in [1.54, 1.807) is 7.11 Å². The van der Waals surface area contributed by atoms with Gasteiger partial charge in [0.25, 0.3) is 5.91 Å². The molecule has 2 rings (SSSR count). The largest absolute Gasteiger partial charge is 0.383 e. The average Bonchev–Trinajstić information content (AvgIpc) is 2.70. The maximum Gasteiger partial charge on any atom is 0.255 e. The van der Waals surface area contributed by atoms with Crippen LogP contribution < -0.4 is 0 Å². The molecule has 6 heteroatoms. The van der Waals surface area contributed by atoms with Crippen molar-refractivity contribution in [1.29, 1.82) is 0 Å². The van der Waals surface area contributed by atoms with E-state index in [2.05, 4.69) is 36.8 Å². The fourth-order valence-corrected chi connectivity index (χ4v) is 3.67. The zero-order chi connectivity index (χ0) is 15.2. The quantitative estimate of drug-likeness (QED) is 0.751. The Hall–Kier alpha value is -0.430. The summed E-state index contributed by atoms with van der Waals surface area (Å²) in [6.45, 7) is 5.18. The predicted molar refractivity (Wildman–Crippen MR) is 90.7 cm³/mol. The molecule has 0 radical (unpaired) electrons. The van der Waals surface area contributed by atoms with Crippen molar-refractivity contribution in [2.45, 2.75) is 6.42 Å². The molecule has 21 heavy (non-hydrogen) atoms. The van der Waals surface area contributed by atoms with E-state index >= 15 is 0 Å². The SMILES string of the molecule is COCCN1CCCN(C(=O)c2ccc(Br)cc2Br)CC1. The zero-order valence-electron chi connectivity index (χ0n) is 12.1. The molecule has 0 spiro atoms. The van der Waals surface area contributed by atoms with Gasteiger partial charge in [-0.05, 0) is 47.1 Å². The van der Waals surface area contributed by atoms with E-state index in [4.69, 9.17) is 4.74 Å². The lowest BCUT2D eigenvalue weighted by atomic mass is 10.2. The van der Waals surface area contributed by atoms with Gasteiger partial charge in [0.05, 0.1) is 12.2 Å². The van der Waals surface area contributed by atoms with Crippen LogP contribution in [0, 0.1) is 0 Å². The minimum absolute atomic E-state index is 0.1000. The Morgan fingerprint density at radius 1 is 1.24 bits per heavy atom. The first-order valence-corrected chi connectivity index (χ1v) is 8.66. The fraction of sp³-hybridized carbons (Fsp3) is 0.533. The van der Waals surface area contributed by atoms with E-state index in [1.165, 1.54) is 0 Å². The third-order valence-corrected chi connectivity index (χ3v) is 4.80. The predicted octanol–water partition coefficient (Wildman–Crippen LogP) is 3.01. The molecule has 0 saturated carbocycles. The molecule has 0 atom stereocenters. The van der Waals surface area contributed by atoms with Gasteiger partial charge in [-0.2, -0.15) is 0 Å². The van der Waals surface area contributed by atoms with Crippen molar-refractivity contribution in [1.82, 2.24) is 9.80 Å². The molecular formula is C15H20Br2N2O2. The summed E-state index contributed by atoms with van der Waals surface area (Å²) in [5, 5.41) is 0. The van der Waals surface area contributed by atoms with Crippen LogP contribution in [0.2, 0.25) is 0 Å². The smallest absolute Gasteiger partial charge is 0.255 e. The average molecular weight is 420 g/mol. The first-order chi connectivity index (χ1) is 10.1. The Morgan fingerprint density at radius 2 is 2.05 bits per heavy atom. The number of benzene rings is 1. The lowest BCUT2D eigenvalue weighted by Crippen LogP contribution is -2.36. The van der Waals surface area contributed by atoms with Crippen LogP contribution in [0.1, 0.15) is 16.8 Å². The molecule has 1 heterocycles. The number of methoxy groups -OCH3 is 1. The van der Waals surface area contributed by atoms with E-state index in [1.807, 2.05) is 23.1 Å². The molecule has 1 amide bonds. The summed E-state index contributed by atoms with van der Waals surface area (Å²) in [4.78, 5) is 16.9. The second kappa shape index (κ2) is 8.27. The third-order valence-electron chi connectivity index (χ3n) is 3.65. The van der Waals surface area contributed by atoms with Gasteiger partial charge in [-0.1, -0.05) is 15.9 Å². The van der Waals surface area contributed by atoms with Gasteiger partial charge in [0.1, 0.15) is 0 Å². The van der Waals surface area contributed by atoms with Crippen molar-refractivity contribution in [2.24, 2.45) is 0 Å². The van der Waals surface area contributed by atoms with Crippen LogP contribution in [-0.2, 0) is 4.74 Å². The number of ether oxygens (including phenoxy) is 1. The van der Waals surface area contributed by atoms with Crippen LogP contribution in [0.25, 0.3) is 0 Å². The van der Waals surface area contributed by atoms with E-state index in [0.29, 0.717) is 0 Å². The van der Waals surface area contributed by atoms with Crippen molar-refractivity contribution in [2.75, 3.05) is 46.4 Å². The molecule has 1 fully saturated rings. The Kier molecular flexibility index (Phi) is 6.67. The molecule has 1 aliphatic heterocycles. The lowest BCUT2D eigenvalue weighted by molar-refractivity contribution is 0.0758. The number of hydrogen-bond donors (Lipinski definition) is 0. The number of hydrogen-bond acceptors (Lipinski definition) is 3. The van der Waals surface area contributed by atoms with Crippen molar-refractivity contribution >= 4 is 37.8 Å². The van der Waals surface area contributed by atoms with Gasteiger partial charge in [-0.25, -0.2) is 0 Å². The van der Waals surface area contributed by atoms with Gasteiger partial charge >= 0.3 is 0 Å². The van der Waals surface area contributed by atoms with Gasteiger partial charge in [0.15, 0.2) is 0 Å². The molecule has 1 aromatic carbocycles. The molecule has 116 valence electrons. The number of rotatable bonds is 4. The standard InChI is InChI=1S/C15H20Br2N2O2/c1-21-10-9-18-5-2-6-19(8-7-18)15(20)13-4-3-12(16)11-14(13)17/h3-4,11H,2,5-10H2,1H3. The Labute approximate surface area is 142 Å². The van der Waals surface area contributed by atoms with Crippen molar-refractivity contribution < 1.29 is 9.53 Å². The molecule has 1 aliphatic rings. The molecule has 0 aliphatic carbocycles. The number of carbonyl (C=O) groups excluding carboxylic acids is 1. The van der Waals surface area contributed by atoms with Crippen molar-refractivity contribution in [3.63, 3.8) is 0 Å². The lowest BCUT2D eigenvalue weighted by Gasteiger charge is -2.22. The molecule has 4 nitrogen and oxygen atoms in total. The molecular weight excluding hydrogens is 400 g/mol. The Bertz CT molecular complexity index is 497. The fourth-order valence-electron chi connectivity index (χ4n) is 2.45. The summed E-state index contributed by atoms with van der Waals surface area (Å²) < 4.78 is 6.92. The van der Waals surface area contributed by atoms with Gasteiger partial charge in [0, 0.05) is 42.2 Å². The van der Waals surface area contributed by atoms with E-state index in [9.17, 15) is 4.79 Å². The summed E-state index contributed by atoms with van der Waals surface area (Å²) in [5.41, 5.74) is 0.726. The second-order valence-electron chi connectivity index (χ2n) is 5.10. The highest BCUT2D eigenvalue weighted by Gasteiger charge is 2.21. The maximum absolute atomic E-state index is 12.6. The summed E-state index contributed by atoms with van der Waals surface area (Å²) in [7, 11) is 1.72. The number of nitrogens with zero attached hydrogens (tertiary/aromatic N) is 2. The van der Waals surface area contributed by atoms with Crippen LogP contribution in [0.4, 0.5) is 0 Å². The van der Waals surface area contributed by atoms with Gasteiger partial charge in [-0.3, -0.25) is 9.69 Å². The zero-order valence-corrected chi connectivity index (χ0v) is 15.3. The first kappa shape index (κ1) is 16.9. The Morgan fingerprint density at radius 3 is 2.76 bits per heavy atom. The van der Waals surface area contributed by atoms with Crippen LogP contribution in [0.15, 0.2) is 27.1 Å². The van der Waals surface area contributed by atoms with E-state index < -0.39 is 0 Å². The number of halogens is 2. The van der Waals surface area contributed by atoms with Gasteiger partial charge in [0.2, 0.25) is 0 Å². The monoisotopic (exact) mass is 418 g/mol. The van der Waals surface area contributed by atoms with Crippen LogP contribution in [-0.4, -0.2) is 62.1 Å². The molecule has 0 aromatic heterocycles. The highest BCUT2D eigenvalue weighted by molar-refractivity contribution is 9.11. The van der Waals surface area contributed by atoms with Gasteiger partial charge in [-0.15, -0.1) is 0 Å². The van der Waals surface area contributed by atoms with E-state index in [0.717, 1.165) is 60.3 Å². The van der Waals surface area contributed by atoms with Crippen LogP contribution >= 0.6 is 31.9 Å².